The van der Waals surface area contributed by atoms with E-state index in [1.165, 1.54) is 33.7 Å². The van der Waals surface area contributed by atoms with Gasteiger partial charge in [0.05, 0.1) is 0 Å². The zero-order valence-electron chi connectivity index (χ0n) is 17.0. The molecule has 0 saturated carbocycles. The molecule has 1 aliphatic rings. The molecule has 3 nitrogen and oxygen atoms in total. The molecule has 0 aromatic heterocycles. The number of nitrogens with zero attached hydrogens (tertiary/aromatic N) is 2. The third-order valence-corrected chi connectivity index (χ3v) is 5.05. The van der Waals surface area contributed by atoms with Crippen LogP contribution < -0.4 is 10.6 Å². The third-order valence-electron chi connectivity index (χ3n) is 5.05. The predicted octanol–water partition coefficient (Wildman–Crippen LogP) is 4.85. The Bertz CT molecular complexity index is 913. The van der Waals surface area contributed by atoms with Crippen molar-refractivity contribution in [3.05, 3.63) is 88.7 Å². The highest BCUT2D eigenvalue weighted by Gasteiger charge is 2.14. The van der Waals surface area contributed by atoms with Crippen LogP contribution in [0.15, 0.2) is 72.0 Å². The molecule has 2 aromatic carbocycles. The van der Waals surface area contributed by atoms with Crippen molar-refractivity contribution in [1.82, 2.24) is 4.90 Å². The fourth-order valence-electron chi connectivity index (χ4n) is 3.35. The first kappa shape index (κ1) is 18.8. The molecule has 2 aromatic rings. The summed E-state index contributed by atoms with van der Waals surface area (Å²) in [4.78, 5) is 4.27. The summed E-state index contributed by atoms with van der Waals surface area (Å²) >= 11 is 0. The number of hydrogen-bond donors (Lipinski definition) is 1. The number of aryl methyl sites for hydroxylation is 1. The van der Waals surface area contributed by atoms with Gasteiger partial charge in [0.15, 0.2) is 0 Å². The van der Waals surface area contributed by atoms with Crippen LogP contribution in [0.2, 0.25) is 0 Å². The fourth-order valence-corrected chi connectivity index (χ4v) is 3.35. The molecule has 140 valence electrons. The Morgan fingerprint density at radius 1 is 0.852 bits per heavy atom. The van der Waals surface area contributed by atoms with Crippen LogP contribution >= 0.6 is 0 Å². The van der Waals surface area contributed by atoms with Crippen molar-refractivity contribution in [2.45, 2.75) is 13.3 Å². The van der Waals surface area contributed by atoms with Gasteiger partial charge in [0, 0.05) is 45.3 Å². The molecule has 2 N–H and O–H groups in total. The monoisotopic (exact) mass is 359 g/mol. The number of likely N-dealkylation sites (N-methyl/N-ethyl adjacent to an activating group) is 1. The van der Waals surface area contributed by atoms with E-state index in [2.05, 4.69) is 99.5 Å². The van der Waals surface area contributed by atoms with E-state index in [1.54, 1.807) is 0 Å². The Morgan fingerprint density at radius 2 is 1.52 bits per heavy atom. The number of nitrogen functional groups attached to an aromatic ring is 1. The van der Waals surface area contributed by atoms with Gasteiger partial charge in [-0.05, 0) is 71.5 Å². The largest absolute Gasteiger partial charge is 0.399 e. The zero-order valence-corrected chi connectivity index (χ0v) is 17.0. The highest BCUT2D eigenvalue weighted by Crippen LogP contribution is 2.34. The van der Waals surface area contributed by atoms with Gasteiger partial charge < -0.3 is 15.5 Å². The van der Waals surface area contributed by atoms with E-state index in [-0.39, 0.29) is 0 Å². The number of anilines is 2. The maximum absolute atomic E-state index is 6.06. The summed E-state index contributed by atoms with van der Waals surface area (Å²) < 4.78 is 0. The zero-order chi connectivity index (χ0) is 19.6. The number of benzene rings is 2. The topological polar surface area (TPSA) is 32.5 Å². The van der Waals surface area contributed by atoms with Crippen molar-refractivity contribution >= 4 is 16.9 Å². The van der Waals surface area contributed by atoms with Crippen molar-refractivity contribution in [2.75, 3.05) is 38.8 Å². The van der Waals surface area contributed by atoms with Gasteiger partial charge in [-0.2, -0.15) is 0 Å². The summed E-state index contributed by atoms with van der Waals surface area (Å²) in [6.45, 7) is 2.07. The average Bonchev–Trinajstić information content (AvgIpc) is 2.65. The fraction of sp³-hybridized carbons (Fsp3) is 0.250. The average molecular weight is 360 g/mol. The lowest BCUT2D eigenvalue weighted by molar-refractivity contribution is 0.526. The second-order valence-corrected chi connectivity index (χ2v) is 7.47. The maximum Gasteiger partial charge on any atom is 0.0361 e. The van der Waals surface area contributed by atoms with E-state index in [4.69, 9.17) is 5.73 Å². The first-order valence-corrected chi connectivity index (χ1v) is 9.30. The second-order valence-electron chi connectivity index (χ2n) is 7.47. The summed E-state index contributed by atoms with van der Waals surface area (Å²) in [7, 11) is 8.29. The molecule has 0 aliphatic heterocycles. The van der Waals surface area contributed by atoms with E-state index in [0.717, 1.165) is 17.7 Å². The van der Waals surface area contributed by atoms with Gasteiger partial charge in [0.2, 0.25) is 0 Å². The number of allylic oxidation sites excluding steroid dienone is 4. The predicted molar refractivity (Wildman–Crippen MR) is 118 cm³/mol. The molecule has 27 heavy (non-hydrogen) atoms. The normalized spacial score (nSPS) is 15.4. The molecule has 0 atom stereocenters. The SMILES string of the molecule is Cc1cc(/C(=C2/C=CC(N(C)C)=CC2)c2ccc(N(C)C)cc2)ccc1N. The lowest BCUT2D eigenvalue weighted by atomic mass is 9.88. The quantitative estimate of drug-likeness (QED) is 0.792. The smallest absolute Gasteiger partial charge is 0.0361 e. The van der Waals surface area contributed by atoms with Crippen LogP contribution in [0.5, 0.6) is 0 Å². The van der Waals surface area contributed by atoms with Gasteiger partial charge in [0.25, 0.3) is 0 Å². The minimum atomic E-state index is 0.833. The Labute approximate surface area is 163 Å². The van der Waals surface area contributed by atoms with Crippen LogP contribution in [0.4, 0.5) is 11.4 Å². The van der Waals surface area contributed by atoms with Gasteiger partial charge in [-0.3, -0.25) is 0 Å². The van der Waals surface area contributed by atoms with Gasteiger partial charge in [-0.1, -0.05) is 30.4 Å². The third kappa shape index (κ3) is 4.08. The molecule has 0 spiro atoms. The lowest BCUT2D eigenvalue weighted by Gasteiger charge is -2.21. The molecule has 0 heterocycles. The van der Waals surface area contributed by atoms with Crippen molar-refractivity contribution in [3.63, 3.8) is 0 Å². The van der Waals surface area contributed by atoms with Crippen LogP contribution in [0, 0.1) is 6.92 Å². The van der Waals surface area contributed by atoms with Crippen molar-refractivity contribution in [3.8, 4) is 0 Å². The number of hydrogen-bond acceptors (Lipinski definition) is 3. The molecular weight excluding hydrogens is 330 g/mol. The number of rotatable bonds is 4. The molecule has 0 unspecified atom stereocenters. The molecule has 3 rings (SSSR count). The summed E-state index contributed by atoms with van der Waals surface area (Å²) in [6.07, 6.45) is 7.64. The highest BCUT2D eigenvalue weighted by atomic mass is 15.1. The van der Waals surface area contributed by atoms with Gasteiger partial charge in [-0.15, -0.1) is 0 Å². The first-order chi connectivity index (χ1) is 12.9. The van der Waals surface area contributed by atoms with E-state index < -0.39 is 0 Å². The Hall–Kier alpha value is -2.94. The molecule has 1 aliphatic carbocycles. The molecular formula is C24H29N3. The number of nitrogens with two attached hydrogens (primary N) is 1. The Kier molecular flexibility index (Phi) is 5.41. The van der Waals surface area contributed by atoms with E-state index in [0.29, 0.717) is 0 Å². The minimum absolute atomic E-state index is 0.833. The summed E-state index contributed by atoms with van der Waals surface area (Å²) in [5, 5.41) is 0. The maximum atomic E-state index is 6.06. The molecule has 0 fully saturated rings. The Morgan fingerprint density at radius 3 is 2.04 bits per heavy atom. The van der Waals surface area contributed by atoms with Gasteiger partial charge in [-0.25, -0.2) is 0 Å². The van der Waals surface area contributed by atoms with Crippen molar-refractivity contribution < 1.29 is 0 Å². The molecule has 0 saturated heterocycles. The minimum Gasteiger partial charge on any atom is -0.399 e. The summed E-state index contributed by atoms with van der Waals surface area (Å²) in [5.74, 6) is 0. The molecule has 0 amide bonds. The summed E-state index contributed by atoms with van der Waals surface area (Å²) in [5.41, 5.74) is 15.5. The molecule has 0 radical (unpaired) electrons. The standard InChI is InChI=1S/C24H29N3/c1-17-16-20(10-15-23(17)25)24(18-6-11-21(12-7-18)26(2)3)19-8-13-22(14-9-19)27(4)5/h6-8,10-16H,9,25H2,1-5H3/b24-19-. The van der Waals surface area contributed by atoms with Crippen molar-refractivity contribution in [1.29, 1.82) is 0 Å². The van der Waals surface area contributed by atoms with Crippen LogP contribution in [0.3, 0.4) is 0 Å². The van der Waals surface area contributed by atoms with Gasteiger partial charge in [0.1, 0.15) is 0 Å². The first-order valence-electron chi connectivity index (χ1n) is 9.30. The highest BCUT2D eigenvalue weighted by molar-refractivity contribution is 5.85. The summed E-state index contributed by atoms with van der Waals surface area (Å²) in [6, 6.07) is 15.1. The molecule has 0 bridgehead atoms. The van der Waals surface area contributed by atoms with Crippen LogP contribution in [0.25, 0.3) is 5.57 Å². The van der Waals surface area contributed by atoms with Crippen LogP contribution in [0.1, 0.15) is 23.1 Å². The Balaban J connectivity index is 2.11. The second kappa shape index (κ2) is 7.75. The van der Waals surface area contributed by atoms with Crippen LogP contribution in [-0.2, 0) is 0 Å². The lowest BCUT2D eigenvalue weighted by Crippen LogP contribution is -2.11. The van der Waals surface area contributed by atoms with E-state index in [9.17, 15) is 0 Å². The van der Waals surface area contributed by atoms with E-state index in [1.807, 2.05) is 6.07 Å². The van der Waals surface area contributed by atoms with Crippen LogP contribution in [-0.4, -0.2) is 33.1 Å². The van der Waals surface area contributed by atoms with E-state index >= 15 is 0 Å². The van der Waals surface area contributed by atoms with Gasteiger partial charge >= 0.3 is 0 Å². The van der Waals surface area contributed by atoms with Crippen molar-refractivity contribution in [2.24, 2.45) is 0 Å². The molecule has 3 heteroatoms.